The highest BCUT2D eigenvalue weighted by Crippen LogP contribution is 2.13. The SMILES string of the molecule is CC.CC(C)C.Cc1ccc(CN)s1. The highest BCUT2D eigenvalue weighted by molar-refractivity contribution is 7.11. The van der Waals surface area contributed by atoms with E-state index in [1.165, 1.54) is 9.75 Å². The molecule has 0 unspecified atom stereocenters. The lowest BCUT2D eigenvalue weighted by molar-refractivity contribution is 0.737. The molecular weight excluding hydrogens is 190 g/mol. The third kappa shape index (κ3) is 11.7. The Morgan fingerprint density at radius 2 is 1.64 bits per heavy atom. The molecule has 2 heteroatoms. The predicted molar refractivity (Wildman–Crippen MR) is 68.8 cm³/mol. The van der Waals surface area contributed by atoms with Gasteiger partial charge >= 0.3 is 0 Å². The lowest BCUT2D eigenvalue weighted by Crippen LogP contribution is -1.90. The molecule has 0 atom stereocenters. The van der Waals surface area contributed by atoms with Gasteiger partial charge in [0.25, 0.3) is 0 Å². The van der Waals surface area contributed by atoms with Crippen LogP contribution in [0.2, 0.25) is 0 Å². The van der Waals surface area contributed by atoms with Crippen molar-refractivity contribution in [1.82, 2.24) is 0 Å². The van der Waals surface area contributed by atoms with Crippen LogP contribution in [0.3, 0.4) is 0 Å². The van der Waals surface area contributed by atoms with Gasteiger partial charge in [0.05, 0.1) is 0 Å². The van der Waals surface area contributed by atoms with Gasteiger partial charge in [-0.05, 0) is 25.0 Å². The lowest BCUT2D eigenvalue weighted by Gasteiger charge is -1.81. The number of hydrogen-bond acceptors (Lipinski definition) is 2. The van der Waals surface area contributed by atoms with Crippen molar-refractivity contribution in [3.8, 4) is 0 Å². The van der Waals surface area contributed by atoms with Gasteiger partial charge in [-0.15, -0.1) is 11.3 Å². The maximum Gasteiger partial charge on any atom is 0.0273 e. The minimum atomic E-state index is 0.679. The van der Waals surface area contributed by atoms with Crippen molar-refractivity contribution in [2.24, 2.45) is 11.7 Å². The Hall–Kier alpha value is -0.340. The molecule has 1 heterocycles. The van der Waals surface area contributed by atoms with Crippen LogP contribution in [0.5, 0.6) is 0 Å². The fraction of sp³-hybridized carbons (Fsp3) is 0.667. The summed E-state index contributed by atoms with van der Waals surface area (Å²) in [5, 5.41) is 0. The molecule has 0 aliphatic carbocycles. The third-order valence-electron chi connectivity index (χ3n) is 0.997. The lowest BCUT2D eigenvalue weighted by atomic mass is 10.3. The Balaban J connectivity index is 0. The number of aryl methyl sites for hydroxylation is 1. The Morgan fingerprint density at radius 1 is 1.21 bits per heavy atom. The molecular formula is C12H25NS. The fourth-order valence-corrected chi connectivity index (χ4v) is 1.36. The van der Waals surface area contributed by atoms with Crippen LogP contribution in [-0.4, -0.2) is 0 Å². The minimum Gasteiger partial charge on any atom is -0.326 e. The van der Waals surface area contributed by atoms with E-state index in [2.05, 4.69) is 39.8 Å². The average molecular weight is 215 g/mol. The summed E-state index contributed by atoms with van der Waals surface area (Å²) in [6, 6.07) is 4.16. The standard InChI is InChI=1S/C6H9NS.C4H10.C2H6/c1-5-2-3-6(4-7)8-5;1-4(2)3;1-2/h2-3H,4,7H2,1H3;4H,1-3H3;1-2H3. The van der Waals surface area contributed by atoms with Crippen molar-refractivity contribution in [2.75, 3.05) is 0 Å². The number of hydrogen-bond donors (Lipinski definition) is 1. The molecule has 0 bridgehead atoms. The van der Waals surface area contributed by atoms with Crippen LogP contribution in [0.4, 0.5) is 0 Å². The van der Waals surface area contributed by atoms with E-state index in [-0.39, 0.29) is 0 Å². The van der Waals surface area contributed by atoms with Crippen LogP contribution in [0.15, 0.2) is 12.1 Å². The normalized spacial score (nSPS) is 8.57. The average Bonchev–Trinajstić information content (AvgIpc) is 2.54. The summed E-state index contributed by atoms with van der Waals surface area (Å²) in [7, 11) is 0. The van der Waals surface area contributed by atoms with Crippen LogP contribution in [-0.2, 0) is 6.54 Å². The predicted octanol–water partition coefficient (Wildman–Crippen LogP) is 4.20. The molecule has 0 amide bonds. The molecule has 0 radical (unpaired) electrons. The summed E-state index contributed by atoms with van der Waals surface area (Å²) in [4.78, 5) is 2.60. The number of nitrogens with two attached hydrogens (primary N) is 1. The molecule has 2 N–H and O–H groups in total. The van der Waals surface area contributed by atoms with Crippen molar-refractivity contribution < 1.29 is 0 Å². The van der Waals surface area contributed by atoms with Crippen molar-refractivity contribution in [3.05, 3.63) is 21.9 Å². The van der Waals surface area contributed by atoms with Crippen molar-refractivity contribution in [1.29, 1.82) is 0 Å². The monoisotopic (exact) mass is 215 g/mol. The van der Waals surface area contributed by atoms with Gasteiger partial charge in [0.2, 0.25) is 0 Å². The van der Waals surface area contributed by atoms with Crippen LogP contribution >= 0.6 is 11.3 Å². The van der Waals surface area contributed by atoms with E-state index in [9.17, 15) is 0 Å². The number of thiophene rings is 1. The summed E-state index contributed by atoms with van der Waals surface area (Å²) < 4.78 is 0. The third-order valence-corrected chi connectivity index (χ3v) is 2.02. The van der Waals surface area contributed by atoms with Crippen LogP contribution < -0.4 is 5.73 Å². The first-order valence-corrected chi connectivity index (χ1v) is 6.13. The molecule has 14 heavy (non-hydrogen) atoms. The zero-order chi connectivity index (χ0) is 11.6. The Bertz CT molecular complexity index is 201. The zero-order valence-corrected chi connectivity index (χ0v) is 11.2. The van der Waals surface area contributed by atoms with Gasteiger partial charge in [0.15, 0.2) is 0 Å². The molecule has 0 aliphatic heterocycles. The van der Waals surface area contributed by atoms with E-state index in [1.54, 1.807) is 11.3 Å². The molecule has 0 aliphatic rings. The van der Waals surface area contributed by atoms with Gasteiger partial charge in [-0.2, -0.15) is 0 Å². The van der Waals surface area contributed by atoms with E-state index in [0.29, 0.717) is 6.54 Å². The molecule has 1 aromatic rings. The first kappa shape index (κ1) is 16.1. The summed E-state index contributed by atoms with van der Waals surface area (Å²) >= 11 is 1.76. The maximum absolute atomic E-state index is 5.37. The zero-order valence-electron chi connectivity index (χ0n) is 10.4. The molecule has 0 fully saturated rings. The molecule has 84 valence electrons. The van der Waals surface area contributed by atoms with Gasteiger partial charge in [-0.1, -0.05) is 34.6 Å². The van der Waals surface area contributed by atoms with E-state index in [4.69, 9.17) is 5.73 Å². The summed E-state index contributed by atoms with van der Waals surface area (Å²) in [6.07, 6.45) is 0. The molecule has 0 spiro atoms. The second-order valence-electron chi connectivity index (χ2n) is 3.45. The smallest absolute Gasteiger partial charge is 0.0273 e. The molecule has 0 saturated heterocycles. The molecule has 0 saturated carbocycles. The van der Waals surface area contributed by atoms with E-state index >= 15 is 0 Å². The largest absolute Gasteiger partial charge is 0.326 e. The molecule has 0 aromatic carbocycles. The van der Waals surface area contributed by atoms with E-state index in [0.717, 1.165) is 5.92 Å². The second kappa shape index (κ2) is 10.7. The van der Waals surface area contributed by atoms with Gasteiger partial charge in [-0.3, -0.25) is 0 Å². The fourth-order valence-electron chi connectivity index (χ4n) is 0.595. The van der Waals surface area contributed by atoms with Crippen molar-refractivity contribution >= 4 is 11.3 Å². The van der Waals surface area contributed by atoms with Crippen LogP contribution in [0, 0.1) is 12.8 Å². The van der Waals surface area contributed by atoms with Gasteiger partial charge in [-0.25, -0.2) is 0 Å². The Morgan fingerprint density at radius 3 is 1.79 bits per heavy atom. The van der Waals surface area contributed by atoms with Gasteiger partial charge in [0, 0.05) is 16.3 Å². The van der Waals surface area contributed by atoms with E-state index in [1.807, 2.05) is 13.8 Å². The number of rotatable bonds is 1. The summed E-state index contributed by atoms with van der Waals surface area (Å²) in [5.41, 5.74) is 5.37. The molecule has 1 nitrogen and oxygen atoms in total. The minimum absolute atomic E-state index is 0.679. The first-order valence-electron chi connectivity index (χ1n) is 5.31. The Kier molecular flexibility index (Phi) is 12.4. The highest BCUT2D eigenvalue weighted by Gasteiger charge is 1.89. The maximum atomic E-state index is 5.37. The molecule has 1 rings (SSSR count). The van der Waals surface area contributed by atoms with Gasteiger partial charge in [0.1, 0.15) is 0 Å². The Labute approximate surface area is 93.3 Å². The van der Waals surface area contributed by atoms with E-state index < -0.39 is 0 Å². The van der Waals surface area contributed by atoms with Crippen molar-refractivity contribution in [3.63, 3.8) is 0 Å². The summed E-state index contributed by atoms with van der Waals surface area (Å²) in [5.74, 6) is 0.833. The quantitative estimate of drug-likeness (QED) is 0.746. The highest BCUT2D eigenvalue weighted by atomic mass is 32.1. The van der Waals surface area contributed by atoms with Gasteiger partial charge < -0.3 is 5.73 Å². The summed E-state index contributed by atoms with van der Waals surface area (Å²) in [6.45, 7) is 13.3. The topological polar surface area (TPSA) is 26.0 Å². The second-order valence-corrected chi connectivity index (χ2v) is 4.82. The van der Waals surface area contributed by atoms with Crippen molar-refractivity contribution in [2.45, 2.75) is 48.1 Å². The van der Waals surface area contributed by atoms with Crippen LogP contribution in [0.1, 0.15) is 44.4 Å². The van der Waals surface area contributed by atoms with Crippen LogP contribution in [0.25, 0.3) is 0 Å². The molecule has 1 aromatic heterocycles. The first-order chi connectivity index (χ1) is 6.56.